The molecule has 2 aliphatic rings. The number of hydrogen-bond donors (Lipinski definition) is 1. The molecule has 1 N–H and O–H groups in total. The number of nitrogens with one attached hydrogen (secondary N) is 1. The van der Waals surface area contributed by atoms with E-state index in [4.69, 9.17) is 0 Å². The summed E-state index contributed by atoms with van der Waals surface area (Å²) in [5.74, 6) is 2.72. The largest absolute Gasteiger partial charge is 0.349 e. The molecule has 1 aromatic heterocycles. The lowest BCUT2D eigenvalue weighted by molar-refractivity contribution is 0.119. The monoisotopic (exact) mass is 314 g/mol. The van der Waals surface area contributed by atoms with Crippen LogP contribution in [0.5, 0.6) is 0 Å². The van der Waals surface area contributed by atoms with Gasteiger partial charge in [0, 0.05) is 29.4 Å². The van der Waals surface area contributed by atoms with E-state index in [1.807, 2.05) is 11.8 Å². The Labute approximate surface area is 137 Å². The van der Waals surface area contributed by atoms with Crippen LogP contribution >= 0.6 is 11.8 Å². The number of H-pyrrole nitrogens is 1. The van der Waals surface area contributed by atoms with Crippen molar-refractivity contribution in [2.24, 2.45) is 5.92 Å². The van der Waals surface area contributed by atoms with Gasteiger partial charge in [0.15, 0.2) is 0 Å². The van der Waals surface area contributed by atoms with Crippen LogP contribution in [0.2, 0.25) is 0 Å². The minimum absolute atomic E-state index is 0.686. The molecule has 0 radical (unpaired) electrons. The van der Waals surface area contributed by atoms with Crippen molar-refractivity contribution >= 4 is 22.7 Å². The summed E-state index contributed by atoms with van der Waals surface area (Å²) < 4.78 is 0. The van der Waals surface area contributed by atoms with Gasteiger partial charge in [0.2, 0.25) is 0 Å². The number of aromatic amines is 1. The number of nitrogens with zero attached hydrogens (tertiary/aromatic N) is 1. The Hall–Kier alpha value is -0.930. The van der Waals surface area contributed by atoms with E-state index in [1.165, 1.54) is 42.1 Å². The number of likely N-dealkylation sites (N-methyl/N-ethyl adjacent to an activating group) is 1. The SMILES string of the molecule is CCCSc1[nH]c2cccc3c2c1C[C@@H]1C3C[C@@H](C)CN1C. The molecule has 2 nitrogen and oxygen atoms in total. The van der Waals surface area contributed by atoms with Crippen molar-refractivity contribution in [3.8, 4) is 0 Å². The van der Waals surface area contributed by atoms with Crippen molar-refractivity contribution in [3.63, 3.8) is 0 Å². The molecule has 3 heteroatoms. The fraction of sp³-hybridized carbons (Fsp3) is 0.579. The minimum atomic E-state index is 0.686. The van der Waals surface area contributed by atoms with Gasteiger partial charge in [0.05, 0.1) is 5.03 Å². The van der Waals surface area contributed by atoms with E-state index >= 15 is 0 Å². The van der Waals surface area contributed by atoms with E-state index in [-0.39, 0.29) is 0 Å². The lowest BCUT2D eigenvalue weighted by atomic mass is 9.73. The number of hydrogen-bond acceptors (Lipinski definition) is 2. The Balaban J connectivity index is 1.84. The van der Waals surface area contributed by atoms with Crippen molar-refractivity contribution in [2.45, 2.75) is 50.1 Å². The van der Waals surface area contributed by atoms with Crippen LogP contribution in [-0.2, 0) is 6.42 Å². The number of benzene rings is 1. The normalized spacial score (nSPS) is 28.0. The van der Waals surface area contributed by atoms with Crippen LogP contribution in [0.4, 0.5) is 0 Å². The predicted octanol–water partition coefficient (Wildman–Crippen LogP) is 4.65. The fourth-order valence-corrected chi connectivity index (χ4v) is 5.54. The maximum absolute atomic E-state index is 3.71. The second kappa shape index (κ2) is 5.61. The second-order valence-electron chi connectivity index (χ2n) is 7.21. The van der Waals surface area contributed by atoms with E-state index in [0.717, 1.165) is 5.92 Å². The molecule has 1 unspecified atom stereocenters. The standard InChI is InChI=1S/C19H26N2S/c1-4-8-22-19-15-10-17-14(9-12(2)11-21(17)3)13-6-5-7-16(20-19)18(13)15/h5-7,12,14,17,20H,4,8-11H2,1-3H3/t12-,14?,17-/m1/s1. The Kier molecular flexibility index (Phi) is 3.74. The quantitative estimate of drug-likeness (QED) is 0.832. The molecular weight excluding hydrogens is 288 g/mol. The summed E-state index contributed by atoms with van der Waals surface area (Å²) in [6.45, 7) is 5.91. The van der Waals surface area contributed by atoms with Gasteiger partial charge in [-0.15, -0.1) is 11.8 Å². The smallest absolute Gasteiger partial charge is 0.0765 e. The van der Waals surface area contributed by atoms with Crippen LogP contribution in [0.1, 0.15) is 43.7 Å². The summed E-state index contributed by atoms with van der Waals surface area (Å²) >= 11 is 2.01. The average molecular weight is 314 g/mol. The molecule has 1 saturated heterocycles. The van der Waals surface area contributed by atoms with Crippen molar-refractivity contribution in [1.29, 1.82) is 0 Å². The van der Waals surface area contributed by atoms with Crippen LogP contribution in [0.15, 0.2) is 23.2 Å². The van der Waals surface area contributed by atoms with Crippen LogP contribution in [0, 0.1) is 5.92 Å². The number of aromatic nitrogens is 1. The first-order valence-electron chi connectivity index (χ1n) is 8.65. The summed E-state index contributed by atoms with van der Waals surface area (Å²) in [6.07, 6.45) is 3.79. The summed E-state index contributed by atoms with van der Waals surface area (Å²) in [4.78, 5) is 6.32. The van der Waals surface area contributed by atoms with Gasteiger partial charge in [-0.1, -0.05) is 26.0 Å². The molecule has 3 atom stereocenters. The van der Waals surface area contributed by atoms with E-state index in [2.05, 4.69) is 49.0 Å². The number of piperidine rings is 1. The molecule has 1 aromatic carbocycles. The molecule has 118 valence electrons. The van der Waals surface area contributed by atoms with Gasteiger partial charge in [-0.05, 0) is 55.2 Å². The summed E-state index contributed by atoms with van der Waals surface area (Å²) in [5.41, 5.74) is 4.54. The maximum atomic E-state index is 3.71. The molecule has 0 spiro atoms. The lowest BCUT2D eigenvalue weighted by Gasteiger charge is -2.45. The van der Waals surface area contributed by atoms with Crippen molar-refractivity contribution in [1.82, 2.24) is 9.88 Å². The van der Waals surface area contributed by atoms with Crippen molar-refractivity contribution < 1.29 is 0 Å². The third-order valence-electron chi connectivity index (χ3n) is 5.47. The Morgan fingerprint density at radius 2 is 2.23 bits per heavy atom. The Bertz CT molecular complexity index is 690. The first-order chi connectivity index (χ1) is 10.7. The van der Waals surface area contributed by atoms with Crippen LogP contribution < -0.4 is 0 Å². The van der Waals surface area contributed by atoms with Gasteiger partial charge < -0.3 is 9.88 Å². The highest BCUT2D eigenvalue weighted by Crippen LogP contribution is 2.46. The topological polar surface area (TPSA) is 19.0 Å². The number of likely N-dealkylation sites (tertiary alicyclic amines) is 1. The lowest BCUT2D eigenvalue weighted by Crippen LogP contribution is -2.47. The zero-order valence-electron chi connectivity index (χ0n) is 13.9. The first kappa shape index (κ1) is 14.6. The van der Waals surface area contributed by atoms with Gasteiger partial charge in [-0.25, -0.2) is 0 Å². The van der Waals surface area contributed by atoms with Crippen LogP contribution in [0.3, 0.4) is 0 Å². The number of fused-ring (bicyclic) bond motifs is 2. The molecule has 0 amide bonds. The van der Waals surface area contributed by atoms with Crippen molar-refractivity contribution in [2.75, 3.05) is 19.3 Å². The first-order valence-corrected chi connectivity index (χ1v) is 9.64. The molecule has 0 bridgehead atoms. The van der Waals surface area contributed by atoms with E-state index < -0.39 is 0 Å². The molecule has 4 rings (SSSR count). The van der Waals surface area contributed by atoms with Crippen LogP contribution in [-0.4, -0.2) is 35.3 Å². The van der Waals surface area contributed by atoms with Gasteiger partial charge in [0.25, 0.3) is 0 Å². The van der Waals surface area contributed by atoms with E-state index in [9.17, 15) is 0 Å². The molecule has 22 heavy (non-hydrogen) atoms. The molecular formula is C19H26N2S. The predicted molar refractivity (Wildman–Crippen MR) is 96.0 cm³/mol. The molecule has 0 saturated carbocycles. The highest BCUT2D eigenvalue weighted by atomic mass is 32.2. The Morgan fingerprint density at radius 3 is 3.05 bits per heavy atom. The fourth-order valence-electron chi connectivity index (χ4n) is 4.59. The molecule has 2 heterocycles. The van der Waals surface area contributed by atoms with Gasteiger partial charge in [0.1, 0.15) is 0 Å². The summed E-state index contributed by atoms with van der Waals surface area (Å²) in [5, 5.41) is 2.97. The maximum Gasteiger partial charge on any atom is 0.0765 e. The number of rotatable bonds is 3. The average Bonchev–Trinajstić information content (AvgIpc) is 2.86. The third kappa shape index (κ3) is 2.21. The van der Waals surface area contributed by atoms with Gasteiger partial charge in [-0.2, -0.15) is 0 Å². The summed E-state index contributed by atoms with van der Waals surface area (Å²) in [6, 6.07) is 7.57. The van der Waals surface area contributed by atoms with Gasteiger partial charge >= 0.3 is 0 Å². The molecule has 2 aromatic rings. The minimum Gasteiger partial charge on any atom is -0.349 e. The van der Waals surface area contributed by atoms with E-state index in [0.29, 0.717) is 12.0 Å². The zero-order chi connectivity index (χ0) is 15.3. The highest BCUT2D eigenvalue weighted by Gasteiger charge is 2.39. The van der Waals surface area contributed by atoms with Gasteiger partial charge in [-0.3, -0.25) is 0 Å². The Morgan fingerprint density at radius 1 is 1.36 bits per heavy atom. The second-order valence-corrected chi connectivity index (χ2v) is 8.31. The third-order valence-corrected chi connectivity index (χ3v) is 6.72. The molecule has 1 aliphatic heterocycles. The summed E-state index contributed by atoms with van der Waals surface area (Å²) in [7, 11) is 2.32. The molecule has 1 aliphatic carbocycles. The number of thioether (sulfide) groups is 1. The van der Waals surface area contributed by atoms with E-state index in [1.54, 1.807) is 16.5 Å². The van der Waals surface area contributed by atoms with Crippen molar-refractivity contribution in [3.05, 3.63) is 29.3 Å². The molecule has 1 fully saturated rings. The van der Waals surface area contributed by atoms with Crippen LogP contribution in [0.25, 0.3) is 10.9 Å². The highest BCUT2D eigenvalue weighted by molar-refractivity contribution is 7.99. The zero-order valence-corrected chi connectivity index (χ0v) is 14.7.